The van der Waals surface area contributed by atoms with Crippen LogP contribution in [0.3, 0.4) is 0 Å². The number of benzene rings is 10. The minimum Gasteiger partial charge on any atom is -0.206 e. The van der Waals surface area contributed by atoms with Crippen molar-refractivity contribution in [3.63, 3.8) is 0 Å². The lowest BCUT2D eigenvalue weighted by atomic mass is 9.86. The van der Waals surface area contributed by atoms with Crippen molar-refractivity contribution in [3.05, 3.63) is 323 Å². The predicted octanol–water partition coefficient (Wildman–Crippen LogP) is 25.7. The Morgan fingerprint density at radius 2 is 0.553 bits per heavy atom. The number of aromatic nitrogens is 5. The minimum absolute atomic E-state index is 0.0969. The van der Waals surface area contributed by atoms with Crippen LogP contribution in [0, 0.1) is 135 Å². The Labute approximate surface area is 677 Å². The first-order chi connectivity index (χ1) is 53.9. The van der Waals surface area contributed by atoms with Crippen LogP contribution in [0.4, 0.5) is 13.2 Å². The van der Waals surface area contributed by atoms with Crippen molar-refractivity contribution in [3.8, 4) is 56.3 Å². The molecule has 0 unspecified atom stereocenters. The minimum atomic E-state index is -0.0980. The number of rotatable bonds is 8. The molecule has 0 aliphatic heterocycles. The number of pyridine rings is 5. The van der Waals surface area contributed by atoms with Gasteiger partial charge in [-0.25, -0.2) is 36.0 Å². The van der Waals surface area contributed by atoms with Gasteiger partial charge in [0, 0.05) is 29.8 Å². The highest BCUT2D eigenvalue weighted by Crippen LogP contribution is 2.40. The number of aryl methyl sites for hydroxylation is 14. The maximum absolute atomic E-state index is 14.2. The molecule has 0 amide bonds. The van der Waals surface area contributed by atoms with Crippen LogP contribution in [0.5, 0.6) is 0 Å². The molecule has 0 saturated heterocycles. The molecule has 0 aliphatic carbocycles. The summed E-state index contributed by atoms with van der Waals surface area (Å²) in [5.74, 6) is 1.28. The van der Waals surface area contributed by atoms with Crippen molar-refractivity contribution in [2.24, 2.45) is 35.2 Å². The molecule has 0 bridgehead atoms. The average Bonchev–Trinajstić information content (AvgIpc) is 1.32. The first-order valence-electron chi connectivity index (χ1n) is 40.4. The second-order valence-electron chi connectivity index (χ2n) is 33.4. The van der Waals surface area contributed by atoms with Crippen molar-refractivity contribution in [1.82, 2.24) is 0 Å². The normalized spacial score (nSPS) is 11.4. The summed E-state index contributed by atoms with van der Waals surface area (Å²) < 4.78 is 53.3. The fourth-order valence-electron chi connectivity index (χ4n) is 16.8. The summed E-state index contributed by atoms with van der Waals surface area (Å²) in [5.41, 5.74) is 34.3. The fraction of sp³-hybridized carbons (Fsp3) is 0.292. The molecule has 0 aliphatic rings. The van der Waals surface area contributed by atoms with E-state index in [9.17, 15) is 13.2 Å². The third-order valence-electron chi connectivity index (χ3n) is 23.9. The van der Waals surface area contributed by atoms with Crippen LogP contribution in [-0.4, -0.2) is 0 Å². The first kappa shape index (κ1) is 84.0. The molecule has 0 atom stereocenters. The molecule has 5 heterocycles. The largest absolute Gasteiger partial charge is 0.220 e. The number of halogens is 3. The molecule has 8 heteroatoms. The van der Waals surface area contributed by atoms with E-state index in [1.165, 1.54) is 138 Å². The predicted molar refractivity (Wildman–Crippen MR) is 475 cm³/mol. The van der Waals surface area contributed by atoms with E-state index in [4.69, 9.17) is 0 Å². The zero-order valence-corrected chi connectivity index (χ0v) is 73.1. The highest BCUT2D eigenvalue weighted by Gasteiger charge is 2.28. The number of hydrogen-bond acceptors (Lipinski definition) is 0. The quantitative estimate of drug-likeness (QED) is 0.135. The van der Waals surface area contributed by atoms with E-state index in [1.807, 2.05) is 114 Å². The molecule has 15 aromatic rings. The molecule has 15 rings (SSSR count). The molecule has 0 fully saturated rings. The molecule has 10 aromatic carbocycles. The van der Waals surface area contributed by atoms with Gasteiger partial charge in [-0.2, -0.15) is 0 Å². The molecule has 5 aromatic heterocycles. The van der Waals surface area contributed by atoms with Crippen molar-refractivity contribution < 1.29 is 36.0 Å². The Morgan fingerprint density at radius 3 is 0.991 bits per heavy atom. The molecule has 584 valence electrons. The van der Waals surface area contributed by atoms with Crippen LogP contribution in [-0.2, 0) is 35.2 Å². The summed E-state index contributed by atoms with van der Waals surface area (Å²) in [4.78, 5) is 0. The SMILES string of the molecule is Cc1cc(-c2c3ccccc3cc[n+]2C)c(C)c(C)c1F.Cc1cc(C)c(C)c(-c2c3cc(C(C)C)c(C(C)C)cc3cc[n+]2C)c1.Cc1cc(C)c(C)c(-c2c3ccccc3c(C(C)C)c[n+]2C)c1.Cc1ccc2c(-c3cc(C)c(F)c(C)c3C)[n+](C)ccc2c1.Cc1ccc2cc[n+](C)c(-c3cc(C)c(F)c(C)c3C)c2c1. The standard InChI is InChI=1S/C25H32N.C22H26N.2C20H21FN.C19H19FN/c1-15(2)21-13-20-9-10-26(8)25(24(20)14-22(21)16(3)4)23-12-17(5)11-18(6)19(23)7;1-14(2)21-13-23(6)22(19-10-8-7-9-18(19)21)20-12-15(3)11-16(4)17(20)5;1-12-6-7-17-16(10-12)8-9-22(5)20(17)18-11-13(2)19(21)15(4)14(18)3;1-12-6-7-16-8-9-22(5)20(18(16)10-12)17-11-13(2)19(21)15(4)14(17)3;1-12-11-17(13(2)14(3)18(12)20)19-16-8-6-5-7-15(16)9-10-21(19)4/h9-16H,1-8H3;7-14H,1-6H3;2*6-11H,1-5H3;5-11H,1-4H3/q5*+1. The van der Waals surface area contributed by atoms with Gasteiger partial charge in [0.25, 0.3) is 0 Å². The molecule has 0 spiro atoms. The van der Waals surface area contributed by atoms with E-state index in [0.717, 1.165) is 67.2 Å². The fourth-order valence-corrected chi connectivity index (χ4v) is 16.8. The van der Waals surface area contributed by atoms with Crippen LogP contribution >= 0.6 is 0 Å². The second kappa shape index (κ2) is 34.4. The third kappa shape index (κ3) is 16.8. The lowest BCUT2D eigenvalue weighted by molar-refractivity contribution is -0.659. The summed E-state index contributed by atoms with van der Waals surface area (Å²) in [7, 11) is 10.5. The van der Waals surface area contributed by atoms with Gasteiger partial charge < -0.3 is 0 Å². The van der Waals surface area contributed by atoms with Crippen molar-refractivity contribution >= 4 is 53.9 Å². The summed E-state index contributed by atoms with van der Waals surface area (Å²) >= 11 is 0. The van der Waals surface area contributed by atoms with E-state index >= 15 is 0 Å². The summed E-state index contributed by atoms with van der Waals surface area (Å²) in [6.45, 7) is 48.3. The van der Waals surface area contributed by atoms with Crippen molar-refractivity contribution in [2.45, 2.75) is 177 Å². The molecule has 5 nitrogen and oxygen atoms in total. The second-order valence-corrected chi connectivity index (χ2v) is 33.4. The summed E-state index contributed by atoms with van der Waals surface area (Å²) in [6.07, 6.45) is 10.7. The first-order valence-corrected chi connectivity index (χ1v) is 40.4. The van der Waals surface area contributed by atoms with E-state index in [-0.39, 0.29) is 17.5 Å². The topological polar surface area (TPSA) is 19.4 Å². The van der Waals surface area contributed by atoms with Gasteiger partial charge in [-0.05, 0) is 307 Å². The molecule has 114 heavy (non-hydrogen) atoms. The van der Waals surface area contributed by atoms with Gasteiger partial charge in [0.15, 0.2) is 31.0 Å². The van der Waals surface area contributed by atoms with Crippen LogP contribution < -0.4 is 22.8 Å². The summed E-state index contributed by atoms with van der Waals surface area (Å²) in [6, 6.07) is 58.6. The smallest absolute Gasteiger partial charge is 0.206 e. The van der Waals surface area contributed by atoms with Gasteiger partial charge in [0.1, 0.15) is 52.7 Å². The van der Waals surface area contributed by atoms with E-state index in [2.05, 4.69) is 298 Å². The van der Waals surface area contributed by atoms with Crippen molar-refractivity contribution in [2.75, 3.05) is 0 Å². The van der Waals surface area contributed by atoms with Gasteiger partial charge in [-0.1, -0.05) is 143 Å². The molecule has 0 N–H and O–H groups in total. The molecular formula is C106H119F3N5+5. The highest BCUT2D eigenvalue weighted by molar-refractivity contribution is 5.99. The Hall–Kier alpha value is -11.0. The van der Waals surface area contributed by atoms with Crippen LogP contribution in [0.25, 0.3) is 110 Å². The van der Waals surface area contributed by atoms with E-state index < -0.39 is 0 Å². The molecule has 0 saturated carbocycles. The van der Waals surface area contributed by atoms with Gasteiger partial charge in [0.2, 0.25) is 28.5 Å². The van der Waals surface area contributed by atoms with Gasteiger partial charge >= 0.3 is 0 Å². The van der Waals surface area contributed by atoms with E-state index in [0.29, 0.717) is 34.4 Å². The Kier molecular flexibility index (Phi) is 25.3. The van der Waals surface area contributed by atoms with Gasteiger partial charge in [0.05, 0.1) is 54.7 Å². The Bertz CT molecular complexity index is 6260. The van der Waals surface area contributed by atoms with Crippen LogP contribution in [0.2, 0.25) is 0 Å². The van der Waals surface area contributed by atoms with Crippen LogP contribution in [0.15, 0.2) is 195 Å². The molecular weight excluding hydrogens is 1400 g/mol. The Balaban J connectivity index is 0.000000141. The van der Waals surface area contributed by atoms with E-state index in [1.54, 1.807) is 0 Å². The average molecular weight is 1520 g/mol. The number of fused-ring (bicyclic) bond motifs is 5. The summed E-state index contributed by atoms with van der Waals surface area (Å²) in [5, 5.41) is 12.6. The van der Waals surface area contributed by atoms with Gasteiger partial charge in [-0.15, -0.1) is 0 Å². The Morgan fingerprint density at radius 1 is 0.228 bits per heavy atom. The zero-order valence-electron chi connectivity index (χ0n) is 73.1. The maximum atomic E-state index is 14.2. The van der Waals surface area contributed by atoms with Crippen molar-refractivity contribution in [1.29, 1.82) is 0 Å². The number of nitrogens with zero attached hydrogens (tertiary/aromatic N) is 5. The lowest BCUT2D eigenvalue weighted by Gasteiger charge is -2.18. The van der Waals surface area contributed by atoms with Gasteiger partial charge in [-0.3, -0.25) is 0 Å². The maximum Gasteiger partial charge on any atom is 0.220 e. The monoisotopic (exact) mass is 1520 g/mol. The zero-order chi connectivity index (χ0) is 83.1. The third-order valence-corrected chi connectivity index (χ3v) is 23.9. The highest BCUT2D eigenvalue weighted by atomic mass is 19.1. The lowest BCUT2D eigenvalue weighted by Crippen LogP contribution is -2.32. The number of hydrogen-bond donors (Lipinski definition) is 0. The van der Waals surface area contributed by atoms with Crippen LogP contribution in [0.1, 0.15) is 171 Å². The molecule has 0 radical (unpaired) electrons.